The van der Waals surface area contributed by atoms with Crippen LogP contribution in [-0.4, -0.2) is 18.4 Å². The first-order valence-corrected chi connectivity index (χ1v) is 8.72. The van der Waals surface area contributed by atoms with Crippen LogP contribution in [0.25, 0.3) is 0 Å². The van der Waals surface area contributed by atoms with Gasteiger partial charge in [0, 0.05) is 36.3 Å². The van der Waals surface area contributed by atoms with Crippen molar-refractivity contribution in [3.63, 3.8) is 0 Å². The second kappa shape index (κ2) is 8.67. The third-order valence-corrected chi connectivity index (χ3v) is 4.56. The van der Waals surface area contributed by atoms with Crippen molar-refractivity contribution in [2.24, 2.45) is 0 Å². The fourth-order valence-electron chi connectivity index (χ4n) is 2.69. The minimum Gasteiger partial charge on any atom is -0.326 e. The number of hydrogen-bond donors (Lipinski definition) is 1. The van der Waals surface area contributed by atoms with E-state index in [0.717, 1.165) is 23.2 Å². The maximum atomic E-state index is 12.3. The van der Waals surface area contributed by atoms with Gasteiger partial charge >= 0.3 is 0 Å². The van der Waals surface area contributed by atoms with Crippen molar-refractivity contribution in [1.29, 1.82) is 0 Å². The summed E-state index contributed by atoms with van der Waals surface area (Å²) < 4.78 is 0. The highest BCUT2D eigenvalue weighted by Crippen LogP contribution is 2.24. The second-order valence-electron chi connectivity index (χ2n) is 5.86. The highest BCUT2D eigenvalue weighted by molar-refractivity contribution is 6.31. The van der Waals surface area contributed by atoms with Crippen LogP contribution in [0.15, 0.2) is 42.5 Å². The van der Waals surface area contributed by atoms with Gasteiger partial charge < -0.3 is 10.2 Å². The Morgan fingerprint density at radius 3 is 2.52 bits per heavy atom. The van der Waals surface area contributed by atoms with Gasteiger partial charge in [0.15, 0.2) is 0 Å². The molecule has 2 aromatic rings. The van der Waals surface area contributed by atoms with Gasteiger partial charge in [0.25, 0.3) is 0 Å². The molecule has 2 aromatic carbocycles. The molecule has 132 valence electrons. The summed E-state index contributed by atoms with van der Waals surface area (Å²) in [6, 6.07) is 13.2. The van der Waals surface area contributed by atoms with Crippen LogP contribution < -0.4 is 10.2 Å². The molecule has 0 spiro atoms. The van der Waals surface area contributed by atoms with Gasteiger partial charge in [0.05, 0.1) is 0 Å². The fourth-order valence-corrected chi connectivity index (χ4v) is 2.86. The average molecular weight is 359 g/mol. The van der Waals surface area contributed by atoms with Gasteiger partial charge in [-0.3, -0.25) is 9.59 Å². The number of rotatable bonds is 6. The number of hydrogen-bond acceptors (Lipinski definition) is 2. The van der Waals surface area contributed by atoms with Crippen molar-refractivity contribution in [3.05, 3.63) is 58.6 Å². The lowest BCUT2D eigenvalue weighted by Crippen LogP contribution is -2.32. The zero-order valence-electron chi connectivity index (χ0n) is 14.8. The van der Waals surface area contributed by atoms with Crippen molar-refractivity contribution in [2.75, 3.05) is 16.8 Å². The van der Waals surface area contributed by atoms with Gasteiger partial charge in [0.1, 0.15) is 0 Å². The fraction of sp³-hybridized carbons (Fsp3) is 0.300. The molecule has 2 amide bonds. The molecule has 0 fully saturated rings. The number of carbonyl (C=O) groups is 2. The number of aryl methyl sites for hydroxylation is 1. The molecular weight excluding hydrogens is 336 g/mol. The number of nitrogens with one attached hydrogen (secondary N) is 1. The molecule has 25 heavy (non-hydrogen) atoms. The predicted molar refractivity (Wildman–Crippen MR) is 103 cm³/mol. The zero-order valence-corrected chi connectivity index (χ0v) is 15.6. The van der Waals surface area contributed by atoms with Crippen LogP contribution in [0.5, 0.6) is 0 Å². The highest BCUT2D eigenvalue weighted by Gasteiger charge is 2.16. The molecule has 0 aromatic heterocycles. The Kier molecular flexibility index (Phi) is 6.59. The van der Waals surface area contributed by atoms with E-state index in [-0.39, 0.29) is 18.2 Å². The second-order valence-corrected chi connectivity index (χ2v) is 6.27. The average Bonchev–Trinajstić information content (AvgIpc) is 2.59. The van der Waals surface area contributed by atoms with Gasteiger partial charge in [-0.25, -0.2) is 0 Å². The number of carbonyl (C=O) groups excluding carboxylic acids is 2. The van der Waals surface area contributed by atoms with E-state index in [9.17, 15) is 9.59 Å². The Balaban J connectivity index is 2.07. The minimum absolute atomic E-state index is 0.0763. The van der Waals surface area contributed by atoms with E-state index in [1.54, 1.807) is 17.0 Å². The van der Waals surface area contributed by atoms with E-state index >= 15 is 0 Å². The van der Waals surface area contributed by atoms with Crippen LogP contribution in [-0.2, 0) is 16.0 Å². The first kappa shape index (κ1) is 19.0. The van der Waals surface area contributed by atoms with Crippen LogP contribution in [0.3, 0.4) is 0 Å². The molecule has 0 saturated carbocycles. The monoisotopic (exact) mass is 358 g/mol. The number of halogens is 1. The summed E-state index contributed by atoms with van der Waals surface area (Å²) in [7, 11) is 0. The topological polar surface area (TPSA) is 49.4 Å². The van der Waals surface area contributed by atoms with Crippen molar-refractivity contribution in [3.8, 4) is 0 Å². The zero-order chi connectivity index (χ0) is 18.4. The number of anilines is 2. The lowest BCUT2D eigenvalue weighted by atomic mass is 10.1. The third-order valence-electron chi connectivity index (χ3n) is 4.15. The summed E-state index contributed by atoms with van der Waals surface area (Å²) in [5, 5.41) is 3.48. The molecule has 0 radical (unpaired) electrons. The van der Waals surface area contributed by atoms with Gasteiger partial charge in [-0.15, -0.1) is 0 Å². The van der Waals surface area contributed by atoms with Crippen molar-refractivity contribution in [2.45, 2.75) is 33.6 Å². The summed E-state index contributed by atoms with van der Waals surface area (Å²) in [4.78, 5) is 26.0. The molecule has 0 bridgehead atoms. The number of amides is 2. The molecule has 5 heteroatoms. The maximum absolute atomic E-state index is 12.3. The molecule has 4 nitrogen and oxygen atoms in total. The molecule has 0 saturated heterocycles. The van der Waals surface area contributed by atoms with E-state index in [4.69, 9.17) is 11.6 Å². The summed E-state index contributed by atoms with van der Waals surface area (Å²) in [5.41, 5.74) is 3.48. The molecule has 0 unspecified atom stereocenters. The lowest BCUT2D eigenvalue weighted by Gasteiger charge is -2.23. The largest absolute Gasteiger partial charge is 0.326 e. The van der Waals surface area contributed by atoms with E-state index in [1.165, 1.54) is 6.92 Å². The Labute approximate surface area is 153 Å². The molecule has 0 aliphatic carbocycles. The van der Waals surface area contributed by atoms with Gasteiger partial charge in [0.2, 0.25) is 11.8 Å². The number of benzene rings is 2. The van der Waals surface area contributed by atoms with Crippen LogP contribution in [0.1, 0.15) is 31.4 Å². The van der Waals surface area contributed by atoms with Gasteiger partial charge in [-0.1, -0.05) is 42.8 Å². The molecule has 0 aliphatic rings. The quantitative estimate of drug-likeness (QED) is 0.820. The van der Waals surface area contributed by atoms with Crippen molar-refractivity contribution < 1.29 is 9.59 Å². The van der Waals surface area contributed by atoms with Crippen LogP contribution in [0, 0.1) is 6.92 Å². The Morgan fingerprint density at radius 1 is 1.12 bits per heavy atom. The van der Waals surface area contributed by atoms with Gasteiger partial charge in [-0.05, 0) is 42.7 Å². The van der Waals surface area contributed by atoms with Crippen LogP contribution >= 0.6 is 11.6 Å². The molecule has 2 rings (SSSR count). The summed E-state index contributed by atoms with van der Waals surface area (Å²) in [5.74, 6) is -0.224. The lowest BCUT2D eigenvalue weighted by molar-refractivity contribution is -0.117. The molecule has 0 atom stereocenters. The Hall–Kier alpha value is -2.33. The van der Waals surface area contributed by atoms with Gasteiger partial charge in [-0.2, -0.15) is 0 Å². The van der Waals surface area contributed by atoms with E-state index in [0.29, 0.717) is 17.3 Å². The molecule has 1 N–H and O–H groups in total. The molecular formula is C20H23ClN2O2. The highest BCUT2D eigenvalue weighted by atomic mass is 35.5. The van der Waals surface area contributed by atoms with E-state index in [2.05, 4.69) is 5.32 Å². The first-order chi connectivity index (χ1) is 11.9. The number of para-hydroxylation sites is 1. The first-order valence-electron chi connectivity index (χ1n) is 8.35. The summed E-state index contributed by atoms with van der Waals surface area (Å²) >= 11 is 6.08. The van der Waals surface area contributed by atoms with Crippen LogP contribution in [0.2, 0.25) is 5.02 Å². The standard InChI is InChI=1S/C20H23ClN2O2/c1-4-16-8-5-6-11-19(16)23(15(3)24)13-12-20(25)22-18-10-7-9-17(21)14(18)2/h5-11H,4,12-13H2,1-3H3,(H,22,25). The minimum atomic E-state index is -0.148. The predicted octanol–water partition coefficient (Wildman–Crippen LogP) is 4.59. The van der Waals surface area contributed by atoms with E-state index < -0.39 is 0 Å². The van der Waals surface area contributed by atoms with Crippen molar-refractivity contribution >= 4 is 34.8 Å². The van der Waals surface area contributed by atoms with Crippen molar-refractivity contribution in [1.82, 2.24) is 0 Å². The summed E-state index contributed by atoms with van der Waals surface area (Å²) in [6.07, 6.45) is 1.04. The Morgan fingerprint density at radius 2 is 1.84 bits per heavy atom. The SMILES string of the molecule is CCc1ccccc1N(CCC(=O)Nc1cccc(Cl)c1C)C(C)=O. The number of nitrogens with zero attached hydrogens (tertiary/aromatic N) is 1. The normalized spacial score (nSPS) is 10.4. The smallest absolute Gasteiger partial charge is 0.226 e. The molecule has 0 aliphatic heterocycles. The molecule has 0 heterocycles. The Bertz CT molecular complexity index is 774. The maximum Gasteiger partial charge on any atom is 0.226 e. The van der Waals surface area contributed by atoms with E-state index in [1.807, 2.05) is 44.2 Å². The third kappa shape index (κ3) is 4.83. The van der Waals surface area contributed by atoms with Crippen LogP contribution in [0.4, 0.5) is 11.4 Å². The summed E-state index contributed by atoms with van der Waals surface area (Å²) in [6.45, 7) is 5.76.